The van der Waals surface area contributed by atoms with Crippen LogP contribution in [0.5, 0.6) is 0 Å². The number of nitrogens with zero attached hydrogens (tertiary/aromatic N) is 3. The average Bonchev–Trinajstić information content (AvgIpc) is 2.91. The zero-order chi connectivity index (χ0) is 16.3. The molecule has 1 amide bonds. The number of Topliss-reactive ketones (excluding diaryl/α,β-unsaturated/α-hetero) is 1. The van der Waals surface area contributed by atoms with Gasteiger partial charge in [0.15, 0.2) is 0 Å². The maximum atomic E-state index is 11.7. The van der Waals surface area contributed by atoms with E-state index in [1.54, 1.807) is 30.0 Å². The van der Waals surface area contributed by atoms with Crippen molar-refractivity contribution >= 4 is 23.1 Å². The monoisotopic (exact) mass is 302 g/mol. The first kappa shape index (κ1) is 15.4. The van der Waals surface area contributed by atoms with Gasteiger partial charge in [0.25, 0.3) is 5.69 Å². The number of nitro groups is 1. The van der Waals surface area contributed by atoms with Crippen molar-refractivity contribution < 1.29 is 14.5 Å². The summed E-state index contributed by atoms with van der Waals surface area (Å²) < 4.78 is 1.64. The SMILES string of the molecule is CC(=O)CC(=O)Nc1ccc(-n2ccnc2)c(C)c1[N+](=O)[O-]. The summed E-state index contributed by atoms with van der Waals surface area (Å²) in [6.07, 6.45) is 4.44. The van der Waals surface area contributed by atoms with Crippen molar-refractivity contribution in [1.82, 2.24) is 9.55 Å². The van der Waals surface area contributed by atoms with Crippen molar-refractivity contribution in [2.24, 2.45) is 0 Å². The molecule has 2 aromatic rings. The van der Waals surface area contributed by atoms with Gasteiger partial charge in [-0.1, -0.05) is 0 Å². The van der Waals surface area contributed by atoms with E-state index in [1.165, 1.54) is 19.3 Å². The number of anilines is 1. The van der Waals surface area contributed by atoms with Gasteiger partial charge in [-0.2, -0.15) is 0 Å². The van der Waals surface area contributed by atoms with Crippen LogP contribution >= 0.6 is 0 Å². The Balaban J connectivity index is 2.44. The summed E-state index contributed by atoms with van der Waals surface area (Å²) in [4.78, 5) is 37.3. The van der Waals surface area contributed by atoms with Crippen molar-refractivity contribution in [3.05, 3.63) is 46.5 Å². The standard InChI is InChI=1S/C14H14N4O4/c1-9(19)7-13(20)16-11-3-4-12(17-6-5-15-8-17)10(2)14(11)18(21)22/h3-6,8H,7H2,1-2H3,(H,16,20). The summed E-state index contributed by atoms with van der Waals surface area (Å²) in [6.45, 7) is 2.87. The lowest BCUT2D eigenvalue weighted by Gasteiger charge is -2.11. The van der Waals surface area contributed by atoms with Crippen LogP contribution < -0.4 is 5.32 Å². The Morgan fingerprint density at radius 3 is 2.68 bits per heavy atom. The zero-order valence-corrected chi connectivity index (χ0v) is 12.1. The predicted molar refractivity (Wildman–Crippen MR) is 78.9 cm³/mol. The topological polar surface area (TPSA) is 107 Å². The molecule has 0 spiro atoms. The number of carbonyl (C=O) groups is 2. The summed E-state index contributed by atoms with van der Waals surface area (Å²) >= 11 is 0. The molecule has 0 saturated carbocycles. The van der Waals surface area contributed by atoms with Gasteiger partial charge < -0.3 is 9.88 Å². The number of ketones is 1. The third-order valence-electron chi connectivity index (χ3n) is 3.05. The van der Waals surface area contributed by atoms with E-state index in [1.807, 2.05) is 0 Å². The Morgan fingerprint density at radius 2 is 2.14 bits per heavy atom. The highest BCUT2D eigenvalue weighted by atomic mass is 16.6. The van der Waals surface area contributed by atoms with E-state index in [2.05, 4.69) is 10.3 Å². The number of imidazole rings is 1. The number of hydrogen-bond donors (Lipinski definition) is 1. The van der Waals surface area contributed by atoms with Gasteiger partial charge in [-0.25, -0.2) is 4.98 Å². The summed E-state index contributed by atoms with van der Waals surface area (Å²) in [7, 11) is 0. The second-order valence-corrected chi connectivity index (χ2v) is 4.76. The van der Waals surface area contributed by atoms with E-state index in [-0.39, 0.29) is 23.6 Å². The molecule has 0 aliphatic heterocycles. The molecule has 8 heteroatoms. The van der Waals surface area contributed by atoms with Gasteiger partial charge in [0.05, 0.1) is 28.9 Å². The second-order valence-electron chi connectivity index (χ2n) is 4.76. The smallest absolute Gasteiger partial charge is 0.297 e. The minimum atomic E-state index is -0.578. The van der Waals surface area contributed by atoms with Gasteiger partial charge in [0.1, 0.15) is 11.5 Å². The van der Waals surface area contributed by atoms with Crippen LogP contribution in [0.15, 0.2) is 30.9 Å². The first-order valence-electron chi connectivity index (χ1n) is 6.45. The maximum absolute atomic E-state index is 11.7. The van der Waals surface area contributed by atoms with Crippen molar-refractivity contribution in [1.29, 1.82) is 0 Å². The molecule has 0 aliphatic carbocycles. The molecule has 1 aromatic heterocycles. The summed E-state index contributed by atoms with van der Waals surface area (Å²) in [5.41, 5.74) is 0.845. The zero-order valence-electron chi connectivity index (χ0n) is 12.1. The first-order valence-corrected chi connectivity index (χ1v) is 6.45. The molecule has 0 atom stereocenters. The van der Waals surface area contributed by atoms with Gasteiger partial charge in [0, 0.05) is 12.4 Å². The number of nitrogens with one attached hydrogen (secondary N) is 1. The first-order chi connectivity index (χ1) is 10.4. The van der Waals surface area contributed by atoms with Crippen molar-refractivity contribution in [3.8, 4) is 5.69 Å². The highest BCUT2D eigenvalue weighted by Crippen LogP contribution is 2.32. The minimum absolute atomic E-state index is 0.0672. The molecule has 8 nitrogen and oxygen atoms in total. The number of rotatable bonds is 5. The van der Waals surface area contributed by atoms with Gasteiger partial charge in [-0.3, -0.25) is 19.7 Å². The Morgan fingerprint density at radius 1 is 1.41 bits per heavy atom. The van der Waals surface area contributed by atoms with Crippen LogP contribution in [-0.4, -0.2) is 26.2 Å². The molecule has 22 heavy (non-hydrogen) atoms. The van der Waals surface area contributed by atoms with E-state index in [4.69, 9.17) is 0 Å². The van der Waals surface area contributed by atoms with Gasteiger partial charge in [0.2, 0.25) is 5.91 Å². The van der Waals surface area contributed by atoms with E-state index >= 15 is 0 Å². The minimum Gasteiger partial charge on any atom is -0.320 e. The van der Waals surface area contributed by atoms with Gasteiger partial charge >= 0.3 is 0 Å². The summed E-state index contributed by atoms with van der Waals surface area (Å²) in [5, 5.41) is 13.7. The molecule has 0 radical (unpaired) electrons. The number of benzene rings is 1. The van der Waals surface area contributed by atoms with Crippen LogP contribution in [0.25, 0.3) is 5.69 Å². The van der Waals surface area contributed by atoms with E-state index in [9.17, 15) is 19.7 Å². The van der Waals surface area contributed by atoms with Gasteiger partial charge in [-0.15, -0.1) is 0 Å². The molecule has 0 fully saturated rings. The Labute approximate surface area is 125 Å². The summed E-state index contributed by atoms with van der Waals surface area (Å²) in [6, 6.07) is 3.09. The normalized spacial score (nSPS) is 10.3. The Bertz CT molecular complexity index is 738. The van der Waals surface area contributed by atoms with Crippen molar-refractivity contribution in [2.45, 2.75) is 20.3 Å². The second kappa shape index (κ2) is 6.17. The number of aromatic nitrogens is 2. The van der Waals surface area contributed by atoms with Crippen LogP contribution in [0.4, 0.5) is 11.4 Å². The van der Waals surface area contributed by atoms with E-state index < -0.39 is 10.8 Å². The fourth-order valence-electron chi connectivity index (χ4n) is 2.13. The summed E-state index contributed by atoms with van der Waals surface area (Å²) in [5.74, 6) is -0.891. The Hall–Kier alpha value is -3.03. The molecule has 1 aromatic carbocycles. The van der Waals surface area contributed by atoms with Crippen molar-refractivity contribution in [3.63, 3.8) is 0 Å². The third-order valence-corrected chi connectivity index (χ3v) is 3.05. The lowest BCUT2D eigenvalue weighted by atomic mass is 10.1. The number of hydrogen-bond acceptors (Lipinski definition) is 5. The van der Waals surface area contributed by atoms with Gasteiger partial charge in [-0.05, 0) is 26.0 Å². The highest BCUT2D eigenvalue weighted by Gasteiger charge is 2.22. The van der Waals surface area contributed by atoms with Crippen LogP contribution in [0.2, 0.25) is 0 Å². The molecule has 0 unspecified atom stereocenters. The molecular weight excluding hydrogens is 288 g/mol. The quantitative estimate of drug-likeness (QED) is 0.516. The van der Waals surface area contributed by atoms with Crippen LogP contribution in [0.3, 0.4) is 0 Å². The number of nitro benzene ring substituents is 1. The largest absolute Gasteiger partial charge is 0.320 e. The number of carbonyl (C=O) groups excluding carboxylic acids is 2. The molecule has 1 N–H and O–H groups in total. The molecule has 114 valence electrons. The van der Waals surface area contributed by atoms with Crippen LogP contribution in [0.1, 0.15) is 18.9 Å². The lowest BCUT2D eigenvalue weighted by molar-refractivity contribution is -0.384. The highest BCUT2D eigenvalue weighted by molar-refractivity contribution is 6.04. The molecule has 0 bridgehead atoms. The van der Waals surface area contributed by atoms with E-state index in [0.29, 0.717) is 11.3 Å². The third kappa shape index (κ3) is 3.17. The fraction of sp³-hybridized carbons (Fsp3) is 0.214. The van der Waals surface area contributed by atoms with Crippen LogP contribution in [0, 0.1) is 17.0 Å². The molecule has 0 saturated heterocycles. The number of amides is 1. The lowest BCUT2D eigenvalue weighted by Crippen LogP contribution is -2.16. The Kier molecular flexibility index (Phi) is 4.31. The average molecular weight is 302 g/mol. The molecular formula is C14H14N4O4. The molecule has 1 heterocycles. The van der Waals surface area contributed by atoms with E-state index in [0.717, 1.165) is 0 Å². The maximum Gasteiger partial charge on any atom is 0.297 e. The molecule has 2 rings (SSSR count). The predicted octanol–water partition coefficient (Wildman–Crippen LogP) is 2.01. The molecule has 0 aliphatic rings. The van der Waals surface area contributed by atoms with Crippen LogP contribution in [-0.2, 0) is 9.59 Å². The van der Waals surface area contributed by atoms with Crippen molar-refractivity contribution in [2.75, 3.05) is 5.32 Å². The fourth-order valence-corrected chi connectivity index (χ4v) is 2.13.